The van der Waals surface area contributed by atoms with Crippen LogP contribution in [0.5, 0.6) is 5.75 Å². The molecule has 0 radical (unpaired) electrons. The molecular formula is C49H58F3N11O7. The van der Waals surface area contributed by atoms with Crippen LogP contribution in [0.15, 0.2) is 72.9 Å². The van der Waals surface area contributed by atoms with Gasteiger partial charge in [0.05, 0.1) is 37.1 Å². The van der Waals surface area contributed by atoms with Gasteiger partial charge in [-0.1, -0.05) is 36.4 Å². The minimum Gasteiger partial charge on any atom is -0.495 e. The highest BCUT2D eigenvalue weighted by molar-refractivity contribution is 6.02. The van der Waals surface area contributed by atoms with E-state index in [1.807, 2.05) is 40.2 Å². The molecule has 4 aromatic rings. The molecule has 4 aliphatic heterocycles. The second kappa shape index (κ2) is 21.3. The van der Waals surface area contributed by atoms with E-state index in [1.54, 1.807) is 44.2 Å². The second-order valence-electron chi connectivity index (χ2n) is 18.3. The molecule has 5 heterocycles. The molecule has 2 unspecified atom stereocenters. The number of methoxy groups -OCH3 is 1. The van der Waals surface area contributed by atoms with Crippen LogP contribution in [-0.2, 0) is 25.7 Å². The number of imide groups is 1. The van der Waals surface area contributed by atoms with Crippen molar-refractivity contribution in [2.75, 3.05) is 86.5 Å². The molecule has 8 rings (SSSR count). The third-order valence-corrected chi connectivity index (χ3v) is 13.4. The summed E-state index contributed by atoms with van der Waals surface area (Å²) in [6.45, 7) is 6.55. The summed E-state index contributed by atoms with van der Waals surface area (Å²) < 4.78 is 56.5. The fourth-order valence-corrected chi connectivity index (χ4v) is 9.38. The summed E-state index contributed by atoms with van der Waals surface area (Å²) in [4.78, 5) is 78.8. The lowest BCUT2D eigenvalue weighted by Crippen LogP contribution is -2.56. The number of ether oxygens (including phenoxy) is 2. The molecule has 3 saturated heterocycles. The summed E-state index contributed by atoms with van der Waals surface area (Å²) >= 11 is 0. The van der Waals surface area contributed by atoms with Crippen molar-refractivity contribution in [1.82, 2.24) is 35.9 Å². The normalized spacial score (nSPS) is 19.5. The molecule has 0 aliphatic carbocycles. The second-order valence-corrected chi connectivity index (χ2v) is 18.3. The Kier molecular flexibility index (Phi) is 15.1. The zero-order chi connectivity index (χ0) is 49.7. The van der Waals surface area contributed by atoms with E-state index in [0.29, 0.717) is 93.3 Å². The SMILES string of the molecule is COc1cc(C(=O)NN2CCC(C(CN3CCN(c4ccc(C5CCC(=O)NC5=O)cc4F)CC3)NC(=O)OCc3ccccc3)CC2)ccc1Nc1ncc2c(n1)N(C(C)C)CC(F)(F)C(=O)N2C. The average molecular weight is 970 g/mol. The van der Waals surface area contributed by atoms with Crippen LogP contribution < -0.4 is 40.8 Å². The van der Waals surface area contributed by atoms with Crippen molar-refractivity contribution in [1.29, 1.82) is 0 Å². The number of aromatic nitrogens is 2. The Bertz CT molecular complexity index is 2580. The van der Waals surface area contributed by atoms with Crippen molar-refractivity contribution in [3.8, 4) is 5.75 Å². The van der Waals surface area contributed by atoms with E-state index in [4.69, 9.17) is 9.47 Å². The number of fused-ring (bicyclic) bond motifs is 1. The third-order valence-electron chi connectivity index (χ3n) is 13.4. The van der Waals surface area contributed by atoms with Crippen LogP contribution in [-0.4, -0.2) is 134 Å². The van der Waals surface area contributed by atoms with E-state index in [-0.39, 0.29) is 54.3 Å². The molecule has 0 bridgehead atoms. The van der Waals surface area contributed by atoms with Gasteiger partial charge in [-0.05, 0) is 80.5 Å². The fourth-order valence-electron chi connectivity index (χ4n) is 9.38. The number of hydrazine groups is 1. The summed E-state index contributed by atoms with van der Waals surface area (Å²) in [6.07, 6.45) is 2.63. The molecule has 18 nitrogen and oxygen atoms in total. The van der Waals surface area contributed by atoms with E-state index in [9.17, 15) is 32.8 Å². The molecule has 4 N–H and O–H groups in total. The number of halogens is 3. The molecule has 1 aromatic heterocycles. The van der Waals surface area contributed by atoms with Crippen molar-refractivity contribution in [3.05, 3.63) is 95.4 Å². The smallest absolute Gasteiger partial charge is 0.407 e. The first kappa shape index (κ1) is 49.4. The highest BCUT2D eigenvalue weighted by Crippen LogP contribution is 2.38. The van der Waals surface area contributed by atoms with Crippen LogP contribution >= 0.6 is 0 Å². The molecule has 372 valence electrons. The van der Waals surface area contributed by atoms with E-state index < -0.39 is 48.2 Å². The van der Waals surface area contributed by atoms with Crippen LogP contribution in [0.2, 0.25) is 0 Å². The number of carbonyl (C=O) groups is 5. The van der Waals surface area contributed by atoms with Crippen molar-refractivity contribution in [2.24, 2.45) is 5.92 Å². The third kappa shape index (κ3) is 11.4. The van der Waals surface area contributed by atoms with Crippen LogP contribution in [0.4, 0.5) is 46.8 Å². The van der Waals surface area contributed by atoms with Gasteiger partial charge in [0.15, 0.2) is 5.82 Å². The number of anilines is 5. The number of carbonyl (C=O) groups excluding carboxylic acids is 5. The number of alkyl halides is 2. The van der Waals surface area contributed by atoms with Crippen molar-refractivity contribution >= 4 is 58.6 Å². The maximum Gasteiger partial charge on any atom is 0.407 e. The molecule has 4 aliphatic rings. The van der Waals surface area contributed by atoms with Crippen molar-refractivity contribution in [2.45, 2.75) is 70.1 Å². The summed E-state index contributed by atoms with van der Waals surface area (Å²) in [5.41, 5.74) is 5.70. The number of piperazine rings is 1. The van der Waals surface area contributed by atoms with Crippen molar-refractivity contribution < 1.29 is 46.6 Å². The number of hydrogen-bond acceptors (Lipinski definition) is 14. The average Bonchev–Trinajstić information content (AvgIpc) is 3.42. The standard InChI is InChI=1S/C49H58F3N11O7/c1-30(2)63-29-49(51,52)46(67)59(3)40-26-53-47(57-43(40)63)54-37-13-10-34(25-41(37)69-4)44(65)58-62-18-16-32(17-19-62)38(55-48(68)70-28-31-8-6-5-7-9-31)27-60-20-22-61(23-21-60)39-14-11-33(24-36(39)50)35-12-15-42(64)56-45(35)66/h5-11,13-14,24-26,30,32,35,38H,12,15-23,27-29H2,1-4H3,(H,55,68)(H,58,65)(H,53,54,57)(H,56,64,66). The van der Waals surface area contributed by atoms with E-state index in [1.165, 1.54) is 31.3 Å². The summed E-state index contributed by atoms with van der Waals surface area (Å²) in [7, 11) is 2.71. The molecule has 3 aromatic carbocycles. The monoisotopic (exact) mass is 969 g/mol. The van der Waals surface area contributed by atoms with E-state index in [0.717, 1.165) is 10.5 Å². The van der Waals surface area contributed by atoms with Gasteiger partial charge in [-0.3, -0.25) is 34.8 Å². The first-order valence-corrected chi connectivity index (χ1v) is 23.4. The first-order valence-electron chi connectivity index (χ1n) is 23.4. The zero-order valence-electron chi connectivity index (χ0n) is 39.6. The van der Waals surface area contributed by atoms with E-state index >= 15 is 4.39 Å². The molecule has 70 heavy (non-hydrogen) atoms. The topological polar surface area (TPSA) is 194 Å². The minimum absolute atomic E-state index is 0.0402. The molecule has 3 fully saturated rings. The Balaban J connectivity index is 0.879. The number of piperidine rings is 2. The largest absolute Gasteiger partial charge is 0.495 e. The maximum absolute atomic E-state index is 15.5. The van der Waals surface area contributed by atoms with Gasteiger partial charge >= 0.3 is 12.0 Å². The van der Waals surface area contributed by atoms with Gasteiger partial charge < -0.3 is 34.8 Å². The molecule has 0 saturated carbocycles. The molecule has 2 atom stereocenters. The van der Waals surface area contributed by atoms with E-state index in [2.05, 4.69) is 36.2 Å². The Hall–Kier alpha value is -7.00. The zero-order valence-corrected chi connectivity index (χ0v) is 39.6. The Morgan fingerprint density at radius 3 is 2.36 bits per heavy atom. The lowest BCUT2D eigenvalue weighted by Gasteiger charge is -2.41. The van der Waals surface area contributed by atoms with Gasteiger partial charge in [-0.2, -0.15) is 13.8 Å². The Labute approximate surface area is 403 Å². The van der Waals surface area contributed by atoms with Crippen LogP contribution in [0.1, 0.15) is 66.9 Å². The number of amides is 5. The van der Waals surface area contributed by atoms with Crippen molar-refractivity contribution in [3.63, 3.8) is 0 Å². The lowest BCUT2D eigenvalue weighted by molar-refractivity contribution is -0.140. The predicted octanol–water partition coefficient (Wildman–Crippen LogP) is 5.19. The first-order chi connectivity index (χ1) is 33.6. The minimum atomic E-state index is -3.63. The quantitative estimate of drug-likeness (QED) is 0.121. The summed E-state index contributed by atoms with van der Waals surface area (Å²) in [5.74, 6) is -6.53. The lowest BCUT2D eigenvalue weighted by atomic mass is 9.89. The number of benzene rings is 3. The fraction of sp³-hybridized carbons (Fsp3) is 0.449. The number of rotatable bonds is 14. The van der Waals surface area contributed by atoms with Gasteiger partial charge in [0.25, 0.3) is 11.8 Å². The van der Waals surface area contributed by atoms with Gasteiger partial charge in [0.2, 0.25) is 17.8 Å². The molecule has 0 spiro atoms. The highest BCUT2D eigenvalue weighted by atomic mass is 19.3. The van der Waals surface area contributed by atoms with Gasteiger partial charge in [0, 0.05) is 76.9 Å². The highest BCUT2D eigenvalue weighted by Gasteiger charge is 2.48. The molecular weight excluding hydrogens is 912 g/mol. The Morgan fingerprint density at radius 2 is 1.67 bits per heavy atom. The predicted molar refractivity (Wildman–Crippen MR) is 255 cm³/mol. The number of alkyl carbamates (subject to hydrolysis) is 1. The van der Waals surface area contributed by atoms with Crippen LogP contribution in [0, 0.1) is 11.7 Å². The van der Waals surface area contributed by atoms with Crippen LogP contribution in [0.25, 0.3) is 0 Å². The molecule has 5 amide bonds. The Morgan fingerprint density at radius 1 is 0.929 bits per heavy atom. The van der Waals surface area contributed by atoms with Gasteiger partial charge in [0.1, 0.15) is 23.9 Å². The maximum atomic E-state index is 15.5. The number of hydrogen-bond donors (Lipinski definition) is 4. The number of nitrogens with one attached hydrogen (secondary N) is 4. The summed E-state index contributed by atoms with van der Waals surface area (Å²) in [6, 6.07) is 18.3. The van der Waals surface area contributed by atoms with Crippen LogP contribution in [0.3, 0.4) is 0 Å². The summed E-state index contributed by atoms with van der Waals surface area (Å²) in [5, 5.41) is 10.4. The van der Waals surface area contributed by atoms with Gasteiger partial charge in [-0.25, -0.2) is 19.2 Å². The molecule has 21 heteroatoms. The number of nitrogens with zero attached hydrogens (tertiary/aromatic N) is 7. The van der Waals surface area contributed by atoms with Gasteiger partial charge in [-0.15, -0.1) is 0 Å².